The fraction of sp³-hybridized carbons (Fsp3) is 0.316. The van der Waals surface area contributed by atoms with Gasteiger partial charge in [0.25, 0.3) is 5.91 Å². The van der Waals surface area contributed by atoms with E-state index in [2.05, 4.69) is 5.32 Å². The van der Waals surface area contributed by atoms with Crippen LogP contribution in [-0.4, -0.2) is 31.7 Å². The van der Waals surface area contributed by atoms with Gasteiger partial charge < -0.3 is 5.32 Å². The lowest BCUT2D eigenvalue weighted by Gasteiger charge is -2.30. The van der Waals surface area contributed by atoms with Gasteiger partial charge in [0.05, 0.1) is 10.0 Å². The molecule has 1 aliphatic rings. The van der Waals surface area contributed by atoms with Gasteiger partial charge in [-0.1, -0.05) is 30.1 Å². The Labute approximate surface area is 173 Å². The van der Waals surface area contributed by atoms with Crippen LogP contribution in [0.25, 0.3) is 0 Å². The predicted molar refractivity (Wildman–Crippen MR) is 108 cm³/mol. The number of hydrogen-bond donors (Lipinski definition) is 1. The first-order valence-corrected chi connectivity index (χ1v) is 10.9. The third-order valence-corrected chi connectivity index (χ3v) is 7.23. The minimum Gasteiger partial charge on any atom is -0.322 e. The van der Waals surface area contributed by atoms with Crippen molar-refractivity contribution in [2.75, 3.05) is 18.4 Å². The summed E-state index contributed by atoms with van der Waals surface area (Å²) in [6.07, 6.45) is 1.65. The maximum absolute atomic E-state index is 14.3. The van der Waals surface area contributed by atoms with E-state index in [0.29, 0.717) is 23.8 Å². The summed E-state index contributed by atoms with van der Waals surface area (Å²) in [6, 6.07) is 7.85. The summed E-state index contributed by atoms with van der Waals surface area (Å²) >= 11 is 11.8. The first kappa shape index (κ1) is 21.0. The highest BCUT2D eigenvalue weighted by Gasteiger charge is 2.31. The zero-order valence-electron chi connectivity index (χ0n) is 15.1. The second-order valence-corrected chi connectivity index (χ2v) is 9.56. The minimum atomic E-state index is -4.03. The Balaban J connectivity index is 1.88. The fourth-order valence-corrected chi connectivity index (χ4v) is 5.11. The first-order valence-electron chi connectivity index (χ1n) is 8.74. The average Bonchev–Trinajstić information content (AvgIpc) is 2.65. The lowest BCUT2D eigenvalue weighted by Crippen LogP contribution is -2.39. The van der Waals surface area contributed by atoms with Gasteiger partial charge in [0.15, 0.2) is 0 Å². The van der Waals surface area contributed by atoms with Crippen LogP contribution in [0.5, 0.6) is 0 Å². The van der Waals surface area contributed by atoms with Crippen molar-refractivity contribution in [3.05, 3.63) is 57.8 Å². The number of rotatable bonds is 4. The number of nitrogens with one attached hydrogen (secondary N) is 1. The van der Waals surface area contributed by atoms with Crippen LogP contribution in [-0.2, 0) is 10.0 Å². The van der Waals surface area contributed by atoms with Crippen molar-refractivity contribution in [3.63, 3.8) is 0 Å². The van der Waals surface area contributed by atoms with Gasteiger partial charge in [-0.2, -0.15) is 4.31 Å². The van der Waals surface area contributed by atoms with Crippen molar-refractivity contribution < 1.29 is 17.6 Å². The fourth-order valence-electron chi connectivity index (χ4n) is 3.12. The molecule has 1 aliphatic heterocycles. The third kappa shape index (κ3) is 4.49. The van der Waals surface area contributed by atoms with Gasteiger partial charge in [0, 0.05) is 24.3 Å². The highest BCUT2D eigenvalue weighted by atomic mass is 35.5. The van der Waals surface area contributed by atoms with Crippen LogP contribution in [0.2, 0.25) is 10.0 Å². The average molecular weight is 445 g/mol. The summed E-state index contributed by atoms with van der Waals surface area (Å²) in [7, 11) is -4.03. The maximum Gasteiger partial charge on any atom is 0.255 e. The largest absolute Gasteiger partial charge is 0.322 e. The normalized spacial score (nSPS) is 18.1. The van der Waals surface area contributed by atoms with Gasteiger partial charge in [-0.25, -0.2) is 12.8 Å². The molecule has 28 heavy (non-hydrogen) atoms. The van der Waals surface area contributed by atoms with Gasteiger partial charge in [0.1, 0.15) is 10.7 Å². The summed E-state index contributed by atoms with van der Waals surface area (Å²) in [5.74, 6) is -1.26. The van der Waals surface area contributed by atoms with Crippen LogP contribution < -0.4 is 5.32 Å². The number of carbonyl (C=O) groups is 1. The Morgan fingerprint density at radius 2 is 1.93 bits per heavy atom. The standard InChI is InChI=1S/C19H19Cl2FN2O3S/c1-12-3-2-8-24(11-12)28(26,27)18-9-13(4-7-17(18)22)19(25)23-14-5-6-15(20)16(21)10-14/h4-7,9-10,12H,2-3,8,11H2,1H3,(H,23,25)/t12-/m1/s1. The van der Waals surface area contributed by atoms with Crippen LogP contribution >= 0.6 is 23.2 Å². The molecule has 9 heteroatoms. The molecule has 2 aromatic carbocycles. The van der Waals surface area contributed by atoms with E-state index in [0.717, 1.165) is 25.0 Å². The van der Waals surface area contributed by atoms with Crippen LogP contribution in [0.3, 0.4) is 0 Å². The van der Waals surface area contributed by atoms with E-state index in [4.69, 9.17) is 23.2 Å². The quantitative estimate of drug-likeness (QED) is 0.735. The summed E-state index contributed by atoms with van der Waals surface area (Å²) < 4.78 is 41.4. The van der Waals surface area contributed by atoms with Gasteiger partial charge in [-0.05, 0) is 55.2 Å². The number of benzene rings is 2. The molecule has 0 aromatic heterocycles. The molecule has 0 aliphatic carbocycles. The Morgan fingerprint density at radius 1 is 1.18 bits per heavy atom. The zero-order chi connectivity index (χ0) is 20.5. The zero-order valence-corrected chi connectivity index (χ0v) is 17.4. The maximum atomic E-state index is 14.3. The van der Waals surface area contributed by atoms with Gasteiger partial charge >= 0.3 is 0 Å². The molecule has 1 fully saturated rings. The number of carbonyl (C=O) groups excluding carboxylic acids is 1. The van der Waals surface area contributed by atoms with E-state index in [1.165, 1.54) is 22.5 Å². The molecule has 1 amide bonds. The van der Waals surface area contributed by atoms with Crippen molar-refractivity contribution in [1.82, 2.24) is 4.31 Å². The summed E-state index contributed by atoms with van der Waals surface area (Å²) in [6.45, 7) is 2.63. The monoisotopic (exact) mass is 444 g/mol. The predicted octanol–water partition coefficient (Wildman–Crippen LogP) is 4.81. The van der Waals surface area contributed by atoms with Crippen LogP contribution in [0.1, 0.15) is 30.1 Å². The van der Waals surface area contributed by atoms with E-state index in [9.17, 15) is 17.6 Å². The molecule has 1 N–H and O–H groups in total. The van der Waals surface area contributed by atoms with Crippen LogP contribution in [0.15, 0.2) is 41.3 Å². The van der Waals surface area contributed by atoms with E-state index in [1.54, 1.807) is 6.07 Å². The molecule has 1 saturated heterocycles. The van der Waals surface area contributed by atoms with Crippen molar-refractivity contribution in [1.29, 1.82) is 0 Å². The molecule has 0 saturated carbocycles. The minimum absolute atomic E-state index is 0.0242. The Hall–Kier alpha value is -1.67. The van der Waals surface area contributed by atoms with E-state index >= 15 is 0 Å². The Kier molecular flexibility index (Phi) is 6.29. The van der Waals surface area contributed by atoms with Crippen molar-refractivity contribution in [3.8, 4) is 0 Å². The molecule has 0 radical (unpaired) electrons. The summed E-state index contributed by atoms with van der Waals surface area (Å²) in [5, 5.41) is 3.20. The molecular weight excluding hydrogens is 426 g/mol. The number of nitrogens with zero attached hydrogens (tertiary/aromatic N) is 1. The summed E-state index contributed by atoms with van der Waals surface area (Å²) in [5.41, 5.74) is 0.411. The lowest BCUT2D eigenvalue weighted by molar-refractivity contribution is 0.102. The van der Waals surface area contributed by atoms with Gasteiger partial charge in [-0.3, -0.25) is 4.79 Å². The second kappa shape index (κ2) is 8.37. The highest BCUT2D eigenvalue weighted by molar-refractivity contribution is 7.89. The SMILES string of the molecule is C[C@@H]1CCCN(S(=O)(=O)c2cc(C(=O)Nc3ccc(Cl)c(Cl)c3)ccc2F)C1. The molecule has 1 atom stereocenters. The van der Waals surface area contributed by atoms with Crippen molar-refractivity contribution >= 4 is 44.8 Å². The lowest BCUT2D eigenvalue weighted by atomic mass is 10.0. The van der Waals surface area contributed by atoms with Gasteiger partial charge in [0.2, 0.25) is 10.0 Å². The Morgan fingerprint density at radius 3 is 2.61 bits per heavy atom. The number of anilines is 1. The van der Waals surface area contributed by atoms with Crippen LogP contribution in [0, 0.1) is 11.7 Å². The second-order valence-electron chi connectivity index (χ2n) is 6.84. The number of piperidine rings is 1. The number of halogens is 3. The smallest absolute Gasteiger partial charge is 0.255 e. The van der Waals surface area contributed by atoms with E-state index < -0.39 is 26.6 Å². The molecule has 0 bridgehead atoms. The van der Waals surface area contributed by atoms with Crippen molar-refractivity contribution in [2.24, 2.45) is 5.92 Å². The highest BCUT2D eigenvalue weighted by Crippen LogP contribution is 2.27. The molecule has 5 nitrogen and oxygen atoms in total. The Bertz CT molecular complexity index is 1010. The van der Waals surface area contributed by atoms with E-state index in [1.807, 2.05) is 6.92 Å². The topological polar surface area (TPSA) is 66.5 Å². The summed E-state index contributed by atoms with van der Waals surface area (Å²) in [4.78, 5) is 12.0. The molecule has 1 heterocycles. The number of amides is 1. The molecular formula is C19H19Cl2FN2O3S. The number of sulfonamides is 1. The third-order valence-electron chi connectivity index (χ3n) is 4.61. The molecule has 0 spiro atoms. The first-order chi connectivity index (χ1) is 13.2. The van der Waals surface area contributed by atoms with Gasteiger partial charge in [-0.15, -0.1) is 0 Å². The van der Waals surface area contributed by atoms with E-state index in [-0.39, 0.29) is 16.5 Å². The molecule has 2 aromatic rings. The molecule has 3 rings (SSSR count). The van der Waals surface area contributed by atoms with Crippen LogP contribution in [0.4, 0.5) is 10.1 Å². The van der Waals surface area contributed by atoms with Crippen molar-refractivity contribution in [2.45, 2.75) is 24.7 Å². The molecule has 150 valence electrons. The number of hydrogen-bond acceptors (Lipinski definition) is 3. The molecule has 0 unspecified atom stereocenters.